The van der Waals surface area contributed by atoms with E-state index in [1.807, 2.05) is 36.7 Å². The predicted molar refractivity (Wildman–Crippen MR) is 104 cm³/mol. The Morgan fingerprint density at radius 1 is 1.36 bits per heavy atom. The van der Waals surface area contributed by atoms with Crippen LogP contribution in [-0.2, 0) is 11.8 Å². The quantitative estimate of drug-likeness (QED) is 0.655. The normalized spacial score (nSPS) is 10.9. The Hall–Kier alpha value is -2.67. The summed E-state index contributed by atoms with van der Waals surface area (Å²) in [7, 11) is 1.94. The van der Waals surface area contributed by atoms with Gasteiger partial charge in [-0.25, -0.2) is 9.97 Å². The Labute approximate surface area is 153 Å². The zero-order chi connectivity index (χ0) is 18.3. The molecule has 0 aliphatic carbocycles. The van der Waals surface area contributed by atoms with Crippen LogP contribution >= 0.6 is 15.9 Å². The number of amides is 1. The molecular formula is C18H18BrN5O. The Balaban J connectivity index is 2.12. The minimum absolute atomic E-state index is 0.194. The predicted octanol–water partition coefficient (Wildman–Crippen LogP) is 3.80. The van der Waals surface area contributed by atoms with E-state index in [1.54, 1.807) is 6.92 Å². The van der Waals surface area contributed by atoms with Crippen LogP contribution in [0.2, 0.25) is 0 Å². The summed E-state index contributed by atoms with van der Waals surface area (Å²) in [6, 6.07) is 5.75. The molecule has 1 amide bonds. The monoisotopic (exact) mass is 399 g/mol. The largest absolute Gasteiger partial charge is 0.383 e. The Morgan fingerprint density at radius 2 is 2.08 bits per heavy atom. The zero-order valence-corrected chi connectivity index (χ0v) is 15.8. The highest BCUT2D eigenvalue weighted by Gasteiger charge is 2.19. The van der Waals surface area contributed by atoms with E-state index in [1.165, 1.54) is 6.33 Å². The van der Waals surface area contributed by atoms with Gasteiger partial charge in [-0.1, -0.05) is 12.6 Å². The summed E-state index contributed by atoms with van der Waals surface area (Å²) in [6.07, 6.45) is 1.46. The fraction of sp³-hybridized carbons (Fsp3) is 0.167. The van der Waals surface area contributed by atoms with Gasteiger partial charge in [0.05, 0.1) is 15.6 Å². The van der Waals surface area contributed by atoms with Gasteiger partial charge in [0.15, 0.2) is 0 Å². The summed E-state index contributed by atoms with van der Waals surface area (Å²) >= 11 is 3.64. The second-order valence-corrected chi connectivity index (χ2v) is 6.74. The number of rotatable bonds is 3. The fourth-order valence-electron chi connectivity index (χ4n) is 2.77. The number of aromatic nitrogens is 3. The van der Waals surface area contributed by atoms with E-state index in [0.717, 1.165) is 38.0 Å². The number of aryl methyl sites for hydroxylation is 2. The van der Waals surface area contributed by atoms with Crippen LogP contribution in [0.4, 0.5) is 11.5 Å². The second-order valence-electron chi connectivity index (χ2n) is 5.94. The maximum absolute atomic E-state index is 11.8. The molecular weight excluding hydrogens is 382 g/mol. The Kier molecular flexibility index (Phi) is 4.34. The number of nitrogens with zero attached hydrogens (tertiary/aromatic N) is 3. The molecule has 0 unspecified atom stereocenters. The summed E-state index contributed by atoms with van der Waals surface area (Å²) < 4.78 is 2.83. The van der Waals surface area contributed by atoms with E-state index in [-0.39, 0.29) is 5.91 Å². The van der Waals surface area contributed by atoms with Gasteiger partial charge in [-0.05, 0) is 47.5 Å². The second kappa shape index (κ2) is 6.33. The molecule has 0 saturated carbocycles. The molecule has 7 heteroatoms. The van der Waals surface area contributed by atoms with Crippen molar-refractivity contribution < 1.29 is 4.79 Å². The summed E-state index contributed by atoms with van der Waals surface area (Å²) in [4.78, 5) is 20.2. The number of hydrogen-bond donors (Lipinski definition) is 2. The van der Waals surface area contributed by atoms with Crippen molar-refractivity contribution in [2.24, 2.45) is 7.05 Å². The molecule has 2 heterocycles. The van der Waals surface area contributed by atoms with Gasteiger partial charge in [0.25, 0.3) is 5.91 Å². The first-order valence-corrected chi connectivity index (χ1v) is 8.42. The van der Waals surface area contributed by atoms with Crippen LogP contribution in [-0.4, -0.2) is 20.4 Å². The molecule has 0 spiro atoms. The molecule has 6 nitrogen and oxygen atoms in total. The number of nitrogens with two attached hydrogens (primary N) is 1. The van der Waals surface area contributed by atoms with Crippen molar-refractivity contribution in [2.45, 2.75) is 13.8 Å². The highest BCUT2D eigenvalue weighted by molar-refractivity contribution is 9.10. The molecule has 0 aliphatic heterocycles. The number of carbonyl (C=O) groups is 1. The smallest absolute Gasteiger partial charge is 0.250 e. The van der Waals surface area contributed by atoms with Gasteiger partial charge in [0.2, 0.25) is 0 Å². The topological polar surface area (TPSA) is 85.8 Å². The van der Waals surface area contributed by atoms with E-state index in [4.69, 9.17) is 5.73 Å². The van der Waals surface area contributed by atoms with Gasteiger partial charge >= 0.3 is 0 Å². The van der Waals surface area contributed by atoms with Crippen LogP contribution in [0.25, 0.3) is 22.3 Å². The van der Waals surface area contributed by atoms with Gasteiger partial charge in [0, 0.05) is 23.9 Å². The number of fused-ring (bicyclic) bond motifs is 1. The molecule has 0 atom stereocenters. The first-order chi connectivity index (χ1) is 11.8. The lowest BCUT2D eigenvalue weighted by atomic mass is 10.0. The number of benzene rings is 1. The van der Waals surface area contributed by atoms with Crippen molar-refractivity contribution in [1.82, 2.24) is 14.5 Å². The van der Waals surface area contributed by atoms with E-state index >= 15 is 0 Å². The minimum Gasteiger partial charge on any atom is -0.383 e. The van der Waals surface area contributed by atoms with Gasteiger partial charge in [0.1, 0.15) is 17.8 Å². The zero-order valence-electron chi connectivity index (χ0n) is 14.2. The highest BCUT2D eigenvalue weighted by atomic mass is 79.9. The van der Waals surface area contributed by atoms with Gasteiger partial charge in [-0.15, -0.1) is 0 Å². The third kappa shape index (κ3) is 2.91. The van der Waals surface area contributed by atoms with E-state index in [9.17, 15) is 4.79 Å². The van der Waals surface area contributed by atoms with Crippen molar-refractivity contribution in [3.05, 3.63) is 46.7 Å². The lowest BCUT2D eigenvalue weighted by Crippen LogP contribution is -2.11. The maximum atomic E-state index is 11.8. The molecule has 25 heavy (non-hydrogen) atoms. The van der Waals surface area contributed by atoms with Crippen LogP contribution in [0.15, 0.2) is 41.2 Å². The molecule has 3 rings (SSSR count). The average Bonchev–Trinajstić information content (AvgIpc) is 2.80. The Morgan fingerprint density at radius 3 is 2.68 bits per heavy atom. The van der Waals surface area contributed by atoms with Gasteiger partial charge < -0.3 is 15.6 Å². The average molecular weight is 400 g/mol. The first kappa shape index (κ1) is 17.2. The maximum Gasteiger partial charge on any atom is 0.250 e. The number of carbonyl (C=O) groups excluding carboxylic acids is 1. The van der Waals surface area contributed by atoms with Crippen LogP contribution in [0.5, 0.6) is 0 Å². The summed E-state index contributed by atoms with van der Waals surface area (Å²) in [5.74, 6) is 0.239. The molecule has 0 aliphatic rings. The van der Waals surface area contributed by atoms with E-state index in [0.29, 0.717) is 11.4 Å². The standard InChI is InChI=1S/C18H18BrN5O/c1-9(2)18(25)23-11-5-6-12(10(3)7-11)15-14(19)13-16(20)21-8-22-17(13)24(15)4/h5-8H,1H2,2-4H3,(H,23,25)(H2,20,21,22). The van der Waals surface area contributed by atoms with Crippen molar-refractivity contribution in [3.8, 4) is 11.3 Å². The van der Waals surface area contributed by atoms with Gasteiger partial charge in [-0.3, -0.25) is 4.79 Å². The molecule has 0 saturated heterocycles. The van der Waals surface area contributed by atoms with Crippen LogP contribution in [0.1, 0.15) is 12.5 Å². The first-order valence-electron chi connectivity index (χ1n) is 7.63. The SMILES string of the molecule is C=C(C)C(=O)Nc1ccc(-c2c(Br)c3c(N)ncnc3n2C)c(C)c1. The number of nitrogen functional groups attached to an aromatic ring is 1. The van der Waals surface area contributed by atoms with Crippen LogP contribution < -0.4 is 11.1 Å². The number of anilines is 2. The van der Waals surface area contributed by atoms with Crippen LogP contribution in [0.3, 0.4) is 0 Å². The summed E-state index contributed by atoms with van der Waals surface area (Å²) in [5.41, 5.74) is 10.9. The third-order valence-electron chi connectivity index (χ3n) is 4.06. The van der Waals surface area contributed by atoms with E-state index < -0.39 is 0 Å². The molecule has 0 fully saturated rings. The number of nitrogens with one attached hydrogen (secondary N) is 1. The molecule has 0 bridgehead atoms. The van der Waals surface area contributed by atoms with Crippen molar-refractivity contribution in [3.63, 3.8) is 0 Å². The molecule has 0 radical (unpaired) electrons. The molecule has 1 aromatic carbocycles. The lowest BCUT2D eigenvalue weighted by Gasteiger charge is -2.11. The molecule has 128 valence electrons. The fourth-order valence-corrected chi connectivity index (χ4v) is 3.63. The lowest BCUT2D eigenvalue weighted by molar-refractivity contribution is -0.112. The van der Waals surface area contributed by atoms with Crippen molar-refractivity contribution in [2.75, 3.05) is 11.1 Å². The van der Waals surface area contributed by atoms with E-state index in [2.05, 4.69) is 37.8 Å². The van der Waals surface area contributed by atoms with Crippen molar-refractivity contribution >= 4 is 44.4 Å². The van der Waals surface area contributed by atoms with Crippen LogP contribution in [0, 0.1) is 6.92 Å². The van der Waals surface area contributed by atoms with Crippen molar-refractivity contribution in [1.29, 1.82) is 0 Å². The van der Waals surface area contributed by atoms with Gasteiger partial charge in [-0.2, -0.15) is 0 Å². The summed E-state index contributed by atoms with van der Waals surface area (Å²) in [6.45, 7) is 7.31. The highest BCUT2D eigenvalue weighted by Crippen LogP contribution is 2.39. The summed E-state index contributed by atoms with van der Waals surface area (Å²) in [5, 5.41) is 3.62. The Bertz CT molecular complexity index is 1020. The molecule has 3 aromatic rings. The minimum atomic E-state index is -0.194. The third-order valence-corrected chi connectivity index (χ3v) is 4.84. The number of halogens is 1. The molecule has 2 aromatic heterocycles. The number of hydrogen-bond acceptors (Lipinski definition) is 4. The molecule has 3 N–H and O–H groups in total.